The Morgan fingerprint density at radius 2 is 2.27 bits per heavy atom. The van der Waals surface area contributed by atoms with E-state index in [1.807, 2.05) is 19.1 Å². The van der Waals surface area contributed by atoms with Gasteiger partial charge in [0.1, 0.15) is 5.52 Å². The van der Waals surface area contributed by atoms with Gasteiger partial charge in [0.05, 0.1) is 10.5 Å². The summed E-state index contributed by atoms with van der Waals surface area (Å²) in [7, 11) is 0. The zero-order valence-corrected chi connectivity index (χ0v) is 6.81. The first kappa shape index (κ1) is 6.68. The number of H-pyrrole nitrogens is 1. The summed E-state index contributed by atoms with van der Waals surface area (Å²) < 4.78 is 0. The summed E-state index contributed by atoms with van der Waals surface area (Å²) in [5.41, 5.74) is 2.83. The van der Waals surface area contributed by atoms with Crippen molar-refractivity contribution in [3.05, 3.63) is 29.0 Å². The third-order valence-electron chi connectivity index (χ3n) is 1.62. The third kappa shape index (κ3) is 0.994. The Morgan fingerprint density at radius 3 is 3.09 bits per heavy atom. The smallest absolute Gasteiger partial charge is 0.107 e. The molecule has 2 rings (SSSR count). The van der Waals surface area contributed by atoms with Gasteiger partial charge in [-0.15, -0.1) is 0 Å². The number of fused-ring (bicyclic) bond motifs is 1. The fourth-order valence-electron chi connectivity index (χ4n) is 1.06. The predicted octanol–water partition coefficient (Wildman–Crippen LogP) is 2.52. The maximum absolute atomic E-state index is 5.85. The van der Waals surface area contributed by atoms with E-state index in [2.05, 4.69) is 9.97 Å². The molecule has 0 saturated carbocycles. The van der Waals surface area contributed by atoms with Gasteiger partial charge in [-0.1, -0.05) is 11.6 Å². The highest BCUT2D eigenvalue weighted by Crippen LogP contribution is 2.20. The van der Waals surface area contributed by atoms with Gasteiger partial charge in [-0.05, 0) is 19.1 Å². The Bertz CT molecular complexity index is 392. The first-order valence-electron chi connectivity index (χ1n) is 3.37. The van der Waals surface area contributed by atoms with Crippen molar-refractivity contribution in [1.29, 1.82) is 0 Å². The molecule has 0 aliphatic rings. The molecule has 0 aromatic carbocycles. The maximum Gasteiger partial charge on any atom is 0.107 e. The molecule has 0 saturated heterocycles. The van der Waals surface area contributed by atoms with Crippen molar-refractivity contribution in [2.24, 2.45) is 0 Å². The standard InChI is InChI=1S/C8H7ClN2/c1-5-2-3-7-8(11-5)6(9)4-10-7/h2-4,10H,1H3. The van der Waals surface area contributed by atoms with Crippen LogP contribution in [0.3, 0.4) is 0 Å². The average molecular weight is 167 g/mol. The molecule has 56 valence electrons. The number of aromatic amines is 1. The topological polar surface area (TPSA) is 28.7 Å². The van der Waals surface area contributed by atoms with E-state index in [0.29, 0.717) is 5.02 Å². The molecule has 0 spiro atoms. The minimum Gasteiger partial charge on any atom is -0.358 e. The molecular weight excluding hydrogens is 160 g/mol. The number of aryl methyl sites for hydroxylation is 1. The summed E-state index contributed by atoms with van der Waals surface area (Å²) in [6.45, 7) is 1.95. The van der Waals surface area contributed by atoms with Crippen LogP contribution in [0.2, 0.25) is 5.02 Å². The van der Waals surface area contributed by atoms with Crippen LogP contribution in [-0.2, 0) is 0 Å². The zero-order chi connectivity index (χ0) is 7.84. The molecule has 11 heavy (non-hydrogen) atoms. The summed E-state index contributed by atoms with van der Waals surface area (Å²) in [4.78, 5) is 7.29. The van der Waals surface area contributed by atoms with E-state index in [-0.39, 0.29) is 0 Å². The van der Waals surface area contributed by atoms with E-state index < -0.39 is 0 Å². The second-order valence-corrected chi connectivity index (χ2v) is 2.89. The Balaban J connectivity index is 2.87. The summed E-state index contributed by atoms with van der Waals surface area (Å²) in [6.07, 6.45) is 1.75. The number of nitrogens with zero attached hydrogens (tertiary/aromatic N) is 1. The quantitative estimate of drug-likeness (QED) is 0.640. The zero-order valence-electron chi connectivity index (χ0n) is 6.06. The van der Waals surface area contributed by atoms with Gasteiger partial charge >= 0.3 is 0 Å². The average Bonchev–Trinajstić information content (AvgIpc) is 2.33. The lowest BCUT2D eigenvalue weighted by Crippen LogP contribution is -1.79. The summed E-state index contributed by atoms with van der Waals surface area (Å²) in [6, 6.07) is 3.93. The molecule has 2 aromatic rings. The van der Waals surface area contributed by atoms with Crippen molar-refractivity contribution in [1.82, 2.24) is 9.97 Å². The van der Waals surface area contributed by atoms with Crippen molar-refractivity contribution < 1.29 is 0 Å². The molecule has 0 amide bonds. The Labute approximate surface area is 69.2 Å². The molecule has 2 heterocycles. The molecule has 0 aliphatic heterocycles. The molecule has 0 unspecified atom stereocenters. The molecule has 2 aromatic heterocycles. The second kappa shape index (κ2) is 2.24. The van der Waals surface area contributed by atoms with Crippen molar-refractivity contribution in [2.75, 3.05) is 0 Å². The highest BCUT2D eigenvalue weighted by Gasteiger charge is 2.00. The molecule has 0 aliphatic carbocycles. The van der Waals surface area contributed by atoms with Crippen LogP contribution in [0.1, 0.15) is 5.69 Å². The van der Waals surface area contributed by atoms with Crippen LogP contribution in [0.4, 0.5) is 0 Å². The molecule has 0 atom stereocenters. The SMILES string of the molecule is Cc1ccc2[nH]cc(Cl)c2n1. The van der Waals surface area contributed by atoms with Gasteiger partial charge in [0.15, 0.2) is 0 Å². The molecular formula is C8H7ClN2. The van der Waals surface area contributed by atoms with Crippen LogP contribution < -0.4 is 0 Å². The lowest BCUT2D eigenvalue weighted by Gasteiger charge is -1.91. The van der Waals surface area contributed by atoms with Crippen LogP contribution >= 0.6 is 11.6 Å². The highest BCUT2D eigenvalue weighted by atomic mass is 35.5. The van der Waals surface area contributed by atoms with Crippen molar-refractivity contribution in [3.63, 3.8) is 0 Å². The minimum atomic E-state index is 0.684. The first-order valence-corrected chi connectivity index (χ1v) is 3.75. The van der Waals surface area contributed by atoms with Gasteiger partial charge in [-0.25, -0.2) is 4.98 Å². The van der Waals surface area contributed by atoms with Crippen LogP contribution in [0.25, 0.3) is 11.0 Å². The van der Waals surface area contributed by atoms with Gasteiger partial charge in [0, 0.05) is 11.9 Å². The van der Waals surface area contributed by atoms with Crippen LogP contribution in [-0.4, -0.2) is 9.97 Å². The summed E-state index contributed by atoms with van der Waals surface area (Å²) in [5.74, 6) is 0. The second-order valence-electron chi connectivity index (χ2n) is 2.49. The van der Waals surface area contributed by atoms with Gasteiger partial charge in [0.25, 0.3) is 0 Å². The first-order chi connectivity index (χ1) is 5.27. The number of pyridine rings is 1. The van der Waals surface area contributed by atoms with Crippen molar-refractivity contribution in [3.8, 4) is 0 Å². The fourth-order valence-corrected chi connectivity index (χ4v) is 1.26. The molecule has 0 fully saturated rings. The maximum atomic E-state index is 5.85. The Hall–Kier alpha value is -1.02. The van der Waals surface area contributed by atoms with Gasteiger partial charge in [-0.3, -0.25) is 0 Å². The minimum absolute atomic E-state index is 0.684. The molecule has 2 nitrogen and oxygen atoms in total. The monoisotopic (exact) mass is 166 g/mol. The number of aromatic nitrogens is 2. The van der Waals surface area contributed by atoms with E-state index in [4.69, 9.17) is 11.6 Å². The van der Waals surface area contributed by atoms with E-state index in [1.165, 1.54) is 0 Å². The number of hydrogen-bond donors (Lipinski definition) is 1. The van der Waals surface area contributed by atoms with Crippen molar-refractivity contribution in [2.45, 2.75) is 6.92 Å². The normalized spacial score (nSPS) is 10.7. The Kier molecular flexibility index (Phi) is 1.36. The van der Waals surface area contributed by atoms with Crippen molar-refractivity contribution >= 4 is 22.6 Å². The van der Waals surface area contributed by atoms with E-state index >= 15 is 0 Å². The van der Waals surface area contributed by atoms with Crippen LogP contribution in [0, 0.1) is 6.92 Å². The number of halogens is 1. The van der Waals surface area contributed by atoms with Gasteiger partial charge in [0.2, 0.25) is 0 Å². The van der Waals surface area contributed by atoms with Crippen LogP contribution in [0.15, 0.2) is 18.3 Å². The lowest BCUT2D eigenvalue weighted by atomic mass is 10.3. The van der Waals surface area contributed by atoms with E-state index in [1.54, 1.807) is 6.20 Å². The summed E-state index contributed by atoms with van der Waals surface area (Å²) in [5, 5.41) is 0.684. The third-order valence-corrected chi connectivity index (χ3v) is 1.90. The summed E-state index contributed by atoms with van der Waals surface area (Å²) >= 11 is 5.85. The number of nitrogens with one attached hydrogen (secondary N) is 1. The number of hydrogen-bond acceptors (Lipinski definition) is 1. The molecule has 1 N–H and O–H groups in total. The van der Waals surface area contributed by atoms with Crippen LogP contribution in [0.5, 0.6) is 0 Å². The van der Waals surface area contributed by atoms with Gasteiger partial charge < -0.3 is 4.98 Å². The van der Waals surface area contributed by atoms with E-state index in [0.717, 1.165) is 16.7 Å². The molecule has 3 heteroatoms. The number of rotatable bonds is 0. The van der Waals surface area contributed by atoms with E-state index in [9.17, 15) is 0 Å². The Morgan fingerprint density at radius 1 is 1.45 bits per heavy atom. The lowest BCUT2D eigenvalue weighted by molar-refractivity contribution is 1.26. The largest absolute Gasteiger partial charge is 0.358 e. The molecule has 0 bridgehead atoms. The fraction of sp³-hybridized carbons (Fsp3) is 0.125. The molecule has 0 radical (unpaired) electrons. The predicted molar refractivity (Wildman–Crippen MR) is 45.8 cm³/mol. The van der Waals surface area contributed by atoms with Gasteiger partial charge in [-0.2, -0.15) is 0 Å². The highest BCUT2D eigenvalue weighted by molar-refractivity contribution is 6.35.